The zero-order valence-electron chi connectivity index (χ0n) is 18.6. The Hall–Kier alpha value is -1.52. The van der Waals surface area contributed by atoms with E-state index in [4.69, 9.17) is 0 Å². The van der Waals surface area contributed by atoms with Gasteiger partial charge in [-0.1, -0.05) is 63.7 Å². The molecule has 2 fully saturated rings. The molecule has 1 nitrogen and oxygen atoms in total. The maximum Gasteiger partial charge on any atom is 0.573 e. The minimum absolute atomic E-state index is 0.206. The summed E-state index contributed by atoms with van der Waals surface area (Å²) in [4.78, 5) is 0. The summed E-state index contributed by atoms with van der Waals surface area (Å²) < 4.78 is 54.6. The average Bonchev–Trinajstić information content (AvgIpc) is 2.74. The average molecular weight is 441 g/mol. The third-order valence-electron chi connectivity index (χ3n) is 7.24. The van der Waals surface area contributed by atoms with Crippen LogP contribution in [-0.2, 0) is 0 Å². The second-order valence-corrected chi connectivity index (χ2v) is 9.53. The van der Waals surface area contributed by atoms with E-state index >= 15 is 0 Å². The SMILES string of the molecule is CCCC1CCC(CC/C=C/C2CCC(c3ccc(OC(F)(F)F)c(F)c3)CC2)CC1. The van der Waals surface area contributed by atoms with Crippen molar-refractivity contribution in [2.45, 2.75) is 96.3 Å². The molecular weight excluding hydrogens is 404 g/mol. The molecule has 0 bridgehead atoms. The highest BCUT2D eigenvalue weighted by atomic mass is 19.4. The molecule has 2 saturated carbocycles. The third-order valence-corrected chi connectivity index (χ3v) is 7.24. The van der Waals surface area contributed by atoms with E-state index in [2.05, 4.69) is 23.8 Å². The van der Waals surface area contributed by atoms with Gasteiger partial charge in [0.05, 0.1) is 0 Å². The number of alkyl halides is 3. The molecule has 174 valence electrons. The highest BCUT2D eigenvalue weighted by molar-refractivity contribution is 5.31. The summed E-state index contributed by atoms with van der Waals surface area (Å²) in [6.45, 7) is 2.28. The highest BCUT2D eigenvalue weighted by Gasteiger charge is 2.32. The van der Waals surface area contributed by atoms with Gasteiger partial charge in [0.2, 0.25) is 0 Å². The van der Waals surface area contributed by atoms with E-state index in [0.29, 0.717) is 5.92 Å². The molecule has 31 heavy (non-hydrogen) atoms. The molecule has 2 aliphatic carbocycles. The zero-order valence-corrected chi connectivity index (χ0v) is 18.6. The molecule has 0 amide bonds. The molecule has 5 heteroatoms. The number of rotatable bonds is 8. The smallest absolute Gasteiger partial charge is 0.403 e. The van der Waals surface area contributed by atoms with Gasteiger partial charge >= 0.3 is 6.36 Å². The van der Waals surface area contributed by atoms with Gasteiger partial charge in [0.25, 0.3) is 0 Å². The van der Waals surface area contributed by atoms with Crippen LogP contribution in [0, 0.1) is 23.6 Å². The second kappa shape index (κ2) is 11.4. The maximum absolute atomic E-state index is 14.0. The van der Waals surface area contributed by atoms with Crippen molar-refractivity contribution in [3.63, 3.8) is 0 Å². The van der Waals surface area contributed by atoms with Crippen LogP contribution < -0.4 is 4.74 Å². The third kappa shape index (κ3) is 7.84. The van der Waals surface area contributed by atoms with E-state index in [-0.39, 0.29) is 5.92 Å². The van der Waals surface area contributed by atoms with Gasteiger partial charge < -0.3 is 4.74 Å². The van der Waals surface area contributed by atoms with Crippen molar-refractivity contribution in [1.82, 2.24) is 0 Å². The van der Waals surface area contributed by atoms with Crippen molar-refractivity contribution in [3.05, 3.63) is 41.7 Å². The first kappa shape index (κ1) is 24.1. The highest BCUT2D eigenvalue weighted by Crippen LogP contribution is 2.38. The summed E-state index contributed by atoms with van der Waals surface area (Å²) in [5.41, 5.74) is 0.771. The summed E-state index contributed by atoms with van der Waals surface area (Å²) in [6.07, 6.45) is 14.6. The lowest BCUT2D eigenvalue weighted by atomic mass is 9.77. The number of allylic oxidation sites excluding steroid dienone is 2. The molecule has 0 heterocycles. The number of ether oxygens (including phenoxy) is 1. The Morgan fingerprint density at radius 2 is 1.58 bits per heavy atom. The minimum atomic E-state index is -4.87. The fraction of sp³-hybridized carbons (Fsp3) is 0.692. The fourth-order valence-electron chi connectivity index (χ4n) is 5.46. The molecule has 0 atom stereocenters. The number of hydrogen-bond acceptors (Lipinski definition) is 1. The predicted molar refractivity (Wildman–Crippen MR) is 117 cm³/mol. The van der Waals surface area contributed by atoms with Gasteiger partial charge in [-0.2, -0.15) is 0 Å². The summed E-state index contributed by atoms with van der Waals surface area (Å²) in [5.74, 6) is 0.931. The van der Waals surface area contributed by atoms with Gasteiger partial charge in [-0.05, 0) is 79.9 Å². The molecule has 3 rings (SSSR count). The van der Waals surface area contributed by atoms with Gasteiger partial charge in [-0.3, -0.25) is 0 Å². The summed E-state index contributed by atoms with van der Waals surface area (Å²) >= 11 is 0. The Balaban J connectivity index is 1.37. The van der Waals surface area contributed by atoms with Crippen molar-refractivity contribution >= 4 is 0 Å². The fourth-order valence-corrected chi connectivity index (χ4v) is 5.46. The van der Waals surface area contributed by atoms with Crippen molar-refractivity contribution < 1.29 is 22.3 Å². The summed E-state index contributed by atoms with van der Waals surface area (Å²) in [7, 11) is 0. The van der Waals surface area contributed by atoms with Crippen LogP contribution >= 0.6 is 0 Å². The molecule has 0 spiro atoms. The topological polar surface area (TPSA) is 9.23 Å². The predicted octanol–water partition coefficient (Wildman–Crippen LogP) is 8.94. The molecule has 1 aromatic rings. The van der Waals surface area contributed by atoms with E-state index < -0.39 is 17.9 Å². The lowest BCUT2D eigenvalue weighted by Crippen LogP contribution is -2.18. The standard InChI is InChI=1S/C26H36F4O/c1-2-5-19-8-10-20(11-9-19)6-3-4-7-21-12-14-22(15-13-21)23-16-17-25(24(27)18-23)31-26(28,29)30/h4,7,16-22H,2-3,5-6,8-15H2,1H3/b7-4+. The molecule has 0 aliphatic heterocycles. The van der Waals surface area contributed by atoms with Crippen molar-refractivity contribution in [2.75, 3.05) is 0 Å². The van der Waals surface area contributed by atoms with Crippen LogP contribution in [0.2, 0.25) is 0 Å². The van der Waals surface area contributed by atoms with E-state index in [1.54, 1.807) is 6.07 Å². The first-order chi connectivity index (χ1) is 14.8. The van der Waals surface area contributed by atoms with Gasteiger partial charge in [-0.25, -0.2) is 4.39 Å². The van der Waals surface area contributed by atoms with E-state index in [1.165, 1.54) is 51.0 Å². The molecule has 0 radical (unpaired) electrons. The first-order valence-corrected chi connectivity index (χ1v) is 12.1. The van der Waals surface area contributed by atoms with Crippen LogP contribution in [0.15, 0.2) is 30.4 Å². The summed E-state index contributed by atoms with van der Waals surface area (Å²) in [5, 5.41) is 0. The molecule has 0 aromatic heterocycles. The maximum atomic E-state index is 14.0. The summed E-state index contributed by atoms with van der Waals surface area (Å²) in [6, 6.07) is 3.87. The van der Waals surface area contributed by atoms with Crippen molar-refractivity contribution in [2.24, 2.45) is 17.8 Å². The minimum Gasteiger partial charge on any atom is -0.403 e. The Labute approximate surface area is 184 Å². The molecule has 0 unspecified atom stereocenters. The zero-order chi connectivity index (χ0) is 22.3. The normalized spacial score (nSPS) is 27.5. The van der Waals surface area contributed by atoms with Gasteiger partial charge in [-0.15, -0.1) is 13.2 Å². The van der Waals surface area contributed by atoms with Crippen LogP contribution in [0.1, 0.15) is 95.5 Å². The number of halogens is 4. The quantitative estimate of drug-likeness (QED) is 0.289. The Morgan fingerprint density at radius 3 is 2.16 bits per heavy atom. The Morgan fingerprint density at radius 1 is 0.935 bits per heavy atom. The lowest BCUT2D eigenvalue weighted by Gasteiger charge is -2.28. The van der Waals surface area contributed by atoms with Crippen LogP contribution in [0.25, 0.3) is 0 Å². The number of hydrogen-bond donors (Lipinski definition) is 0. The van der Waals surface area contributed by atoms with Crippen molar-refractivity contribution in [3.8, 4) is 5.75 Å². The monoisotopic (exact) mass is 440 g/mol. The van der Waals surface area contributed by atoms with Gasteiger partial charge in [0, 0.05) is 0 Å². The van der Waals surface area contributed by atoms with Crippen LogP contribution in [0.3, 0.4) is 0 Å². The van der Waals surface area contributed by atoms with Crippen molar-refractivity contribution in [1.29, 1.82) is 0 Å². The molecule has 0 N–H and O–H groups in total. The molecule has 1 aromatic carbocycles. The number of benzene rings is 1. The Kier molecular flexibility index (Phi) is 8.85. The Bertz CT molecular complexity index is 696. The molecule has 2 aliphatic rings. The lowest BCUT2D eigenvalue weighted by molar-refractivity contribution is -0.275. The van der Waals surface area contributed by atoms with Gasteiger partial charge in [0.15, 0.2) is 11.6 Å². The molecule has 0 saturated heterocycles. The van der Waals surface area contributed by atoms with E-state index in [1.807, 2.05) is 0 Å². The van der Waals surface area contributed by atoms with Crippen LogP contribution in [0.4, 0.5) is 17.6 Å². The van der Waals surface area contributed by atoms with Crippen LogP contribution in [-0.4, -0.2) is 6.36 Å². The second-order valence-electron chi connectivity index (χ2n) is 9.53. The van der Waals surface area contributed by atoms with E-state index in [0.717, 1.165) is 55.6 Å². The van der Waals surface area contributed by atoms with Gasteiger partial charge in [0.1, 0.15) is 0 Å². The van der Waals surface area contributed by atoms with Crippen LogP contribution in [0.5, 0.6) is 5.75 Å². The first-order valence-electron chi connectivity index (χ1n) is 12.1. The molecular formula is C26H36F4O. The van der Waals surface area contributed by atoms with E-state index in [9.17, 15) is 17.6 Å². The largest absolute Gasteiger partial charge is 0.573 e.